The molecular weight excluding hydrogens is 260 g/mol. The van der Waals surface area contributed by atoms with Gasteiger partial charge in [-0.15, -0.1) is 0 Å². The van der Waals surface area contributed by atoms with Gasteiger partial charge in [-0.25, -0.2) is 9.59 Å². The highest BCUT2D eigenvalue weighted by atomic mass is 16.5. The largest absolute Gasteiger partial charge is 0.478 e. The first-order valence-electron chi connectivity index (χ1n) is 6.34. The molecular formula is C14H20N2O4. The molecule has 6 nitrogen and oxygen atoms in total. The number of ether oxygens (including phenoxy) is 1. The second-order valence-corrected chi connectivity index (χ2v) is 4.79. The lowest BCUT2D eigenvalue weighted by atomic mass is 10.1. The van der Waals surface area contributed by atoms with Crippen molar-refractivity contribution >= 4 is 17.7 Å². The molecule has 0 saturated carbocycles. The zero-order valence-corrected chi connectivity index (χ0v) is 11.8. The Morgan fingerprint density at radius 2 is 1.85 bits per heavy atom. The van der Waals surface area contributed by atoms with Crippen LogP contribution in [-0.4, -0.2) is 36.9 Å². The number of carboxylic acid groups (broad SMARTS) is 1. The summed E-state index contributed by atoms with van der Waals surface area (Å²) in [6.45, 7) is 4.42. The first kappa shape index (κ1) is 16.0. The SMILES string of the molecule is COCC(NC(=O)Nc1ccc(C(=O)O)cc1)C(C)C. The van der Waals surface area contributed by atoms with Crippen molar-refractivity contribution < 1.29 is 19.4 Å². The normalized spacial score (nSPS) is 12.0. The molecule has 0 heterocycles. The second-order valence-electron chi connectivity index (χ2n) is 4.79. The zero-order chi connectivity index (χ0) is 15.1. The third-order valence-electron chi connectivity index (χ3n) is 2.86. The molecule has 1 rings (SSSR count). The van der Waals surface area contributed by atoms with Crippen LogP contribution in [0, 0.1) is 5.92 Å². The smallest absolute Gasteiger partial charge is 0.335 e. The molecule has 0 aromatic heterocycles. The van der Waals surface area contributed by atoms with Gasteiger partial charge in [0, 0.05) is 12.8 Å². The Hall–Kier alpha value is -2.08. The lowest BCUT2D eigenvalue weighted by Gasteiger charge is -2.21. The Labute approximate surface area is 118 Å². The molecule has 110 valence electrons. The van der Waals surface area contributed by atoms with E-state index in [0.717, 1.165) is 0 Å². The molecule has 6 heteroatoms. The summed E-state index contributed by atoms with van der Waals surface area (Å²) in [6.07, 6.45) is 0. The maximum Gasteiger partial charge on any atom is 0.335 e. The van der Waals surface area contributed by atoms with Crippen LogP contribution < -0.4 is 10.6 Å². The number of urea groups is 1. The van der Waals surface area contributed by atoms with Crippen molar-refractivity contribution in [2.75, 3.05) is 19.0 Å². The minimum atomic E-state index is -0.999. The van der Waals surface area contributed by atoms with Crippen LogP contribution in [0.3, 0.4) is 0 Å². The van der Waals surface area contributed by atoms with Crippen LogP contribution in [0.5, 0.6) is 0 Å². The number of carbonyl (C=O) groups excluding carboxylic acids is 1. The Bertz CT molecular complexity index is 457. The Kier molecular flexibility index (Phi) is 5.99. The van der Waals surface area contributed by atoms with Gasteiger partial charge >= 0.3 is 12.0 Å². The molecule has 0 aliphatic rings. The van der Waals surface area contributed by atoms with E-state index in [9.17, 15) is 9.59 Å². The molecule has 0 radical (unpaired) electrons. The molecule has 1 unspecified atom stereocenters. The summed E-state index contributed by atoms with van der Waals surface area (Å²) in [5.74, 6) is -0.754. The summed E-state index contributed by atoms with van der Waals surface area (Å²) in [5.41, 5.74) is 0.711. The molecule has 2 amide bonds. The molecule has 1 atom stereocenters. The predicted molar refractivity (Wildman–Crippen MR) is 76.1 cm³/mol. The molecule has 3 N–H and O–H groups in total. The van der Waals surface area contributed by atoms with Gasteiger partial charge in [0.2, 0.25) is 0 Å². The van der Waals surface area contributed by atoms with Crippen molar-refractivity contribution in [3.63, 3.8) is 0 Å². The lowest BCUT2D eigenvalue weighted by molar-refractivity contribution is 0.0697. The number of aromatic carboxylic acids is 1. The Morgan fingerprint density at radius 1 is 1.25 bits per heavy atom. The van der Waals surface area contributed by atoms with Crippen molar-refractivity contribution in [1.29, 1.82) is 0 Å². The highest BCUT2D eigenvalue weighted by Gasteiger charge is 2.15. The number of rotatable bonds is 6. The number of amides is 2. The highest BCUT2D eigenvalue weighted by molar-refractivity contribution is 5.91. The number of anilines is 1. The monoisotopic (exact) mass is 280 g/mol. The fraction of sp³-hybridized carbons (Fsp3) is 0.429. The number of benzene rings is 1. The van der Waals surface area contributed by atoms with Gasteiger partial charge in [0.05, 0.1) is 18.2 Å². The molecule has 0 spiro atoms. The summed E-state index contributed by atoms with van der Waals surface area (Å²) in [4.78, 5) is 22.5. The fourth-order valence-electron chi connectivity index (χ4n) is 1.61. The second kappa shape index (κ2) is 7.49. The van der Waals surface area contributed by atoms with Crippen LogP contribution in [0.15, 0.2) is 24.3 Å². The van der Waals surface area contributed by atoms with E-state index in [1.54, 1.807) is 19.2 Å². The third kappa shape index (κ3) is 4.89. The standard InChI is InChI=1S/C14H20N2O4/c1-9(2)12(8-20-3)16-14(19)15-11-6-4-10(5-7-11)13(17)18/h4-7,9,12H,8H2,1-3H3,(H,17,18)(H2,15,16,19). The minimum Gasteiger partial charge on any atom is -0.478 e. The Balaban J connectivity index is 2.59. The summed E-state index contributed by atoms with van der Waals surface area (Å²) in [5, 5.41) is 14.2. The van der Waals surface area contributed by atoms with Gasteiger partial charge in [0.15, 0.2) is 0 Å². The summed E-state index contributed by atoms with van der Waals surface area (Å²) in [6, 6.07) is 5.54. The number of carboxylic acids is 1. The average Bonchev–Trinajstić information content (AvgIpc) is 2.38. The maximum atomic E-state index is 11.8. The van der Waals surface area contributed by atoms with Crippen LogP contribution in [0.1, 0.15) is 24.2 Å². The maximum absolute atomic E-state index is 11.8. The molecule has 1 aromatic carbocycles. The third-order valence-corrected chi connectivity index (χ3v) is 2.86. The van der Waals surface area contributed by atoms with E-state index in [1.807, 2.05) is 13.8 Å². The minimum absolute atomic E-state index is 0.0849. The van der Waals surface area contributed by atoms with Gasteiger partial charge < -0.3 is 20.5 Å². The van der Waals surface area contributed by atoms with E-state index in [2.05, 4.69) is 10.6 Å². The number of methoxy groups -OCH3 is 1. The zero-order valence-electron chi connectivity index (χ0n) is 11.8. The average molecular weight is 280 g/mol. The molecule has 0 aliphatic carbocycles. The number of carbonyl (C=O) groups is 2. The van der Waals surface area contributed by atoms with Crippen molar-refractivity contribution in [3.05, 3.63) is 29.8 Å². The summed E-state index contributed by atoms with van der Waals surface area (Å²) < 4.78 is 5.05. The molecule has 20 heavy (non-hydrogen) atoms. The van der Waals surface area contributed by atoms with E-state index >= 15 is 0 Å². The van der Waals surface area contributed by atoms with Crippen LogP contribution in [0.4, 0.5) is 10.5 Å². The molecule has 0 saturated heterocycles. The van der Waals surface area contributed by atoms with Crippen LogP contribution in [0.25, 0.3) is 0 Å². The highest BCUT2D eigenvalue weighted by Crippen LogP contribution is 2.10. The van der Waals surface area contributed by atoms with E-state index < -0.39 is 5.97 Å². The summed E-state index contributed by atoms with van der Waals surface area (Å²) in [7, 11) is 1.58. The number of hydrogen-bond donors (Lipinski definition) is 3. The first-order valence-corrected chi connectivity index (χ1v) is 6.34. The first-order chi connectivity index (χ1) is 9.43. The van der Waals surface area contributed by atoms with Crippen LogP contribution in [0.2, 0.25) is 0 Å². The van der Waals surface area contributed by atoms with Crippen LogP contribution in [-0.2, 0) is 4.74 Å². The topological polar surface area (TPSA) is 87.7 Å². The van der Waals surface area contributed by atoms with E-state index in [4.69, 9.17) is 9.84 Å². The lowest BCUT2D eigenvalue weighted by Crippen LogP contribution is -2.43. The van der Waals surface area contributed by atoms with Gasteiger partial charge in [-0.1, -0.05) is 13.8 Å². The van der Waals surface area contributed by atoms with Crippen molar-refractivity contribution in [2.24, 2.45) is 5.92 Å². The van der Waals surface area contributed by atoms with Crippen molar-refractivity contribution in [1.82, 2.24) is 5.32 Å². The quantitative estimate of drug-likeness (QED) is 0.745. The molecule has 0 bridgehead atoms. The van der Waals surface area contributed by atoms with E-state index in [1.165, 1.54) is 12.1 Å². The van der Waals surface area contributed by atoms with Gasteiger partial charge in [-0.05, 0) is 30.2 Å². The molecule has 1 aromatic rings. The fourth-order valence-corrected chi connectivity index (χ4v) is 1.61. The van der Waals surface area contributed by atoms with Gasteiger partial charge in [0.1, 0.15) is 0 Å². The van der Waals surface area contributed by atoms with Gasteiger partial charge in [0.25, 0.3) is 0 Å². The Morgan fingerprint density at radius 3 is 2.30 bits per heavy atom. The van der Waals surface area contributed by atoms with E-state index in [-0.39, 0.29) is 23.6 Å². The number of nitrogens with one attached hydrogen (secondary N) is 2. The van der Waals surface area contributed by atoms with Gasteiger partial charge in [-0.2, -0.15) is 0 Å². The predicted octanol–water partition coefficient (Wildman–Crippen LogP) is 2.18. The van der Waals surface area contributed by atoms with Gasteiger partial charge in [-0.3, -0.25) is 0 Å². The van der Waals surface area contributed by atoms with Crippen molar-refractivity contribution in [3.8, 4) is 0 Å². The summed E-state index contributed by atoms with van der Waals surface area (Å²) >= 11 is 0. The van der Waals surface area contributed by atoms with Crippen LogP contribution >= 0.6 is 0 Å². The molecule has 0 fully saturated rings. The van der Waals surface area contributed by atoms with Crippen molar-refractivity contribution in [2.45, 2.75) is 19.9 Å². The van der Waals surface area contributed by atoms with E-state index in [0.29, 0.717) is 12.3 Å². The molecule has 0 aliphatic heterocycles. The number of hydrogen-bond acceptors (Lipinski definition) is 3.